The van der Waals surface area contributed by atoms with Crippen LogP contribution in [0.2, 0.25) is 0 Å². The van der Waals surface area contributed by atoms with Crippen molar-refractivity contribution in [3.05, 3.63) is 115 Å². The summed E-state index contributed by atoms with van der Waals surface area (Å²) >= 11 is 0. The van der Waals surface area contributed by atoms with Crippen molar-refractivity contribution >= 4 is 27.8 Å². The van der Waals surface area contributed by atoms with Crippen LogP contribution in [0.1, 0.15) is 5.56 Å². The third-order valence-electron chi connectivity index (χ3n) is 4.81. The minimum absolute atomic E-state index is 1.09. The van der Waals surface area contributed by atoms with Gasteiger partial charge in [0.25, 0.3) is 0 Å². The molecule has 0 atom stereocenters. The molecule has 3 nitrogen and oxygen atoms in total. The monoisotopic (exact) mass is 349 g/mol. The lowest BCUT2D eigenvalue weighted by Crippen LogP contribution is -2.40. The van der Waals surface area contributed by atoms with E-state index in [0.29, 0.717) is 0 Å². The van der Waals surface area contributed by atoms with E-state index in [-0.39, 0.29) is 0 Å². The van der Waals surface area contributed by atoms with Gasteiger partial charge in [-0.05, 0) is 23.6 Å². The summed E-state index contributed by atoms with van der Waals surface area (Å²) in [6, 6.07) is 35.7. The minimum Gasteiger partial charge on any atom is -0.264 e. The lowest BCUT2D eigenvalue weighted by molar-refractivity contribution is 0.762. The van der Waals surface area contributed by atoms with E-state index in [1.165, 1.54) is 10.8 Å². The average molecular weight is 349 g/mol. The highest BCUT2D eigenvalue weighted by atomic mass is 15.8. The number of anilines is 2. The molecule has 0 amide bonds. The molecule has 4 aromatic rings. The summed E-state index contributed by atoms with van der Waals surface area (Å²) in [5.41, 5.74) is 8.03. The topological polar surface area (TPSA) is 18.5 Å². The molecule has 0 unspecified atom stereocenters. The molecule has 3 heteroatoms. The Kier molecular flexibility index (Phi) is 3.85. The molecule has 0 spiro atoms. The van der Waals surface area contributed by atoms with Crippen LogP contribution in [-0.4, -0.2) is 0 Å². The van der Waals surface area contributed by atoms with E-state index in [1.807, 2.05) is 24.3 Å². The summed E-state index contributed by atoms with van der Waals surface area (Å²) in [5, 5.41) is 6.65. The molecule has 0 aliphatic carbocycles. The van der Waals surface area contributed by atoms with Crippen LogP contribution in [0, 0.1) is 0 Å². The highest BCUT2D eigenvalue weighted by Gasteiger charge is 2.25. The summed E-state index contributed by atoms with van der Waals surface area (Å²) < 4.78 is 0. The van der Waals surface area contributed by atoms with Crippen LogP contribution < -0.4 is 15.6 Å². The van der Waals surface area contributed by atoms with Crippen molar-refractivity contribution in [3.63, 3.8) is 0 Å². The van der Waals surface area contributed by atoms with Crippen LogP contribution in [0.15, 0.2) is 109 Å². The summed E-state index contributed by atoms with van der Waals surface area (Å²) in [6.07, 6.45) is 2.15. The molecule has 0 fully saturated rings. The zero-order chi connectivity index (χ0) is 18.1. The van der Waals surface area contributed by atoms with Crippen molar-refractivity contribution in [1.29, 1.82) is 0 Å². The number of rotatable bonds is 3. The van der Waals surface area contributed by atoms with Gasteiger partial charge in [0.05, 0.1) is 17.1 Å². The Balaban J connectivity index is 1.65. The second-order valence-electron chi connectivity index (χ2n) is 6.52. The van der Waals surface area contributed by atoms with Gasteiger partial charge in [0.2, 0.25) is 0 Å². The van der Waals surface area contributed by atoms with Gasteiger partial charge in [-0.15, -0.1) is 5.53 Å². The van der Waals surface area contributed by atoms with Gasteiger partial charge in [-0.3, -0.25) is 10.0 Å². The molecule has 0 saturated heterocycles. The van der Waals surface area contributed by atoms with Crippen LogP contribution in [0.5, 0.6) is 0 Å². The van der Waals surface area contributed by atoms with Gasteiger partial charge in [-0.1, -0.05) is 84.9 Å². The number of hydrazine groups is 2. The molecule has 1 aliphatic heterocycles. The predicted molar refractivity (Wildman–Crippen MR) is 113 cm³/mol. The zero-order valence-electron chi connectivity index (χ0n) is 14.8. The molecule has 1 N–H and O–H groups in total. The van der Waals surface area contributed by atoms with Crippen LogP contribution in [0.4, 0.5) is 11.4 Å². The van der Waals surface area contributed by atoms with E-state index in [4.69, 9.17) is 0 Å². The van der Waals surface area contributed by atoms with E-state index in [9.17, 15) is 0 Å². The highest BCUT2D eigenvalue weighted by molar-refractivity contribution is 5.99. The van der Waals surface area contributed by atoms with Crippen LogP contribution in [0.25, 0.3) is 16.5 Å². The van der Waals surface area contributed by atoms with Crippen molar-refractivity contribution in [2.24, 2.45) is 0 Å². The Morgan fingerprint density at radius 2 is 1.26 bits per heavy atom. The molecule has 0 bridgehead atoms. The maximum Gasteiger partial charge on any atom is 0.0847 e. The second-order valence-corrected chi connectivity index (χ2v) is 6.52. The van der Waals surface area contributed by atoms with E-state index in [1.54, 1.807) is 0 Å². The molecular formula is C24H19N3. The molecule has 130 valence electrons. The SMILES string of the molecule is C1=C(c2ccccc2)N(c2cccc3ccccc23)NN1c1ccccc1. The van der Waals surface area contributed by atoms with Gasteiger partial charge in [0, 0.05) is 17.1 Å². The predicted octanol–water partition coefficient (Wildman–Crippen LogP) is 5.58. The summed E-state index contributed by atoms with van der Waals surface area (Å²) in [4.78, 5) is 0. The Morgan fingerprint density at radius 3 is 2.07 bits per heavy atom. The number of fused-ring (bicyclic) bond motifs is 1. The smallest absolute Gasteiger partial charge is 0.0847 e. The number of hydrogen-bond donors (Lipinski definition) is 1. The fraction of sp³-hybridized carbons (Fsp3) is 0. The lowest BCUT2D eigenvalue weighted by Gasteiger charge is -2.26. The fourth-order valence-electron chi connectivity index (χ4n) is 3.49. The van der Waals surface area contributed by atoms with Gasteiger partial charge >= 0.3 is 0 Å². The largest absolute Gasteiger partial charge is 0.264 e. The molecule has 0 aromatic heterocycles. The van der Waals surface area contributed by atoms with Gasteiger partial charge < -0.3 is 0 Å². The quantitative estimate of drug-likeness (QED) is 0.520. The Bertz CT molecular complexity index is 1100. The van der Waals surface area contributed by atoms with Crippen LogP contribution >= 0.6 is 0 Å². The van der Waals surface area contributed by atoms with E-state index >= 15 is 0 Å². The minimum atomic E-state index is 1.09. The number of nitrogens with zero attached hydrogens (tertiary/aromatic N) is 2. The summed E-state index contributed by atoms with van der Waals surface area (Å²) in [5.74, 6) is 0. The first-order valence-electron chi connectivity index (χ1n) is 9.06. The zero-order valence-corrected chi connectivity index (χ0v) is 14.8. The van der Waals surface area contributed by atoms with Crippen molar-refractivity contribution < 1.29 is 0 Å². The lowest BCUT2D eigenvalue weighted by atomic mass is 10.1. The van der Waals surface area contributed by atoms with Gasteiger partial charge in [0.1, 0.15) is 0 Å². The van der Waals surface area contributed by atoms with E-state index < -0.39 is 0 Å². The standard InChI is InChI=1S/C24H19N3/c1-3-11-20(12-4-1)24-18-26(21-14-5-2-6-15-21)25-27(24)23-17-9-13-19-10-7-8-16-22(19)23/h1-18,25H. The van der Waals surface area contributed by atoms with E-state index in [0.717, 1.165) is 22.6 Å². The third kappa shape index (κ3) is 2.84. The van der Waals surface area contributed by atoms with Crippen molar-refractivity contribution in [3.8, 4) is 0 Å². The first kappa shape index (κ1) is 15.7. The molecule has 27 heavy (non-hydrogen) atoms. The molecule has 1 heterocycles. The Hall–Kier alpha value is -3.56. The fourth-order valence-corrected chi connectivity index (χ4v) is 3.49. The molecule has 4 aromatic carbocycles. The second kappa shape index (κ2) is 6.63. The van der Waals surface area contributed by atoms with Crippen LogP contribution in [0.3, 0.4) is 0 Å². The van der Waals surface area contributed by atoms with E-state index in [2.05, 4.69) is 101 Å². The van der Waals surface area contributed by atoms with Gasteiger partial charge in [-0.25, -0.2) is 0 Å². The number of para-hydroxylation sites is 1. The van der Waals surface area contributed by atoms with Crippen molar-refractivity contribution in [2.75, 3.05) is 10.0 Å². The third-order valence-corrected chi connectivity index (χ3v) is 4.81. The molecule has 0 saturated carbocycles. The average Bonchev–Trinajstić information content (AvgIpc) is 3.20. The Labute approximate surface area is 158 Å². The first-order valence-corrected chi connectivity index (χ1v) is 9.06. The summed E-state index contributed by atoms with van der Waals surface area (Å²) in [6.45, 7) is 0. The van der Waals surface area contributed by atoms with Crippen molar-refractivity contribution in [1.82, 2.24) is 5.53 Å². The molecule has 1 aliphatic rings. The molecule has 0 radical (unpaired) electrons. The van der Waals surface area contributed by atoms with Crippen molar-refractivity contribution in [2.45, 2.75) is 0 Å². The van der Waals surface area contributed by atoms with Gasteiger partial charge in [0.15, 0.2) is 0 Å². The number of hydrogen-bond acceptors (Lipinski definition) is 3. The molecule has 5 rings (SSSR count). The highest BCUT2D eigenvalue weighted by Crippen LogP contribution is 2.35. The van der Waals surface area contributed by atoms with Crippen LogP contribution in [-0.2, 0) is 0 Å². The maximum atomic E-state index is 3.54. The maximum absolute atomic E-state index is 3.54. The summed E-state index contributed by atoms with van der Waals surface area (Å²) in [7, 11) is 0. The first-order chi connectivity index (χ1) is 13.4. The molecular weight excluding hydrogens is 330 g/mol. The number of benzene rings is 4. The Morgan fingerprint density at radius 1 is 0.593 bits per heavy atom. The number of nitrogens with one attached hydrogen (secondary N) is 1. The normalized spacial score (nSPS) is 13.9. The van der Waals surface area contributed by atoms with Gasteiger partial charge in [-0.2, -0.15) is 0 Å².